The molecule has 1 aromatic rings. The van der Waals surface area contributed by atoms with Gasteiger partial charge in [0.2, 0.25) is 0 Å². The summed E-state index contributed by atoms with van der Waals surface area (Å²) in [5.74, 6) is 1.92. The largest absolute Gasteiger partial charge is 0.490 e. The lowest BCUT2D eigenvalue weighted by molar-refractivity contribution is 0.142. The van der Waals surface area contributed by atoms with E-state index in [0.29, 0.717) is 19.1 Å². The molecule has 0 radical (unpaired) electrons. The van der Waals surface area contributed by atoms with Gasteiger partial charge in [0.25, 0.3) is 0 Å². The van der Waals surface area contributed by atoms with Gasteiger partial charge in [-0.15, -0.1) is 0 Å². The second kappa shape index (κ2) is 7.66. The molecule has 1 fully saturated rings. The molecule has 2 unspecified atom stereocenters. The molecule has 3 N–H and O–H groups in total. The van der Waals surface area contributed by atoms with Crippen molar-refractivity contribution in [3.8, 4) is 11.5 Å². The Kier molecular flexibility index (Phi) is 5.88. The van der Waals surface area contributed by atoms with Crippen LogP contribution in [0, 0.1) is 5.92 Å². The van der Waals surface area contributed by atoms with E-state index in [1.165, 1.54) is 0 Å². The van der Waals surface area contributed by atoms with Crippen molar-refractivity contribution in [2.45, 2.75) is 44.6 Å². The van der Waals surface area contributed by atoms with Gasteiger partial charge in [-0.3, -0.25) is 0 Å². The minimum Gasteiger partial charge on any atom is -0.490 e. The van der Waals surface area contributed by atoms with Crippen LogP contribution >= 0.6 is 0 Å². The van der Waals surface area contributed by atoms with Gasteiger partial charge in [-0.2, -0.15) is 0 Å². The van der Waals surface area contributed by atoms with Crippen LogP contribution in [-0.2, 0) is 0 Å². The van der Waals surface area contributed by atoms with E-state index in [0.717, 1.165) is 43.6 Å². The lowest BCUT2D eigenvalue weighted by Crippen LogP contribution is -2.47. The average Bonchev–Trinajstić information content (AvgIpc) is 2.88. The molecule has 0 heterocycles. The van der Waals surface area contributed by atoms with Crippen molar-refractivity contribution in [3.63, 3.8) is 0 Å². The first-order chi connectivity index (χ1) is 10.2. The number of ether oxygens (including phenoxy) is 2. The van der Waals surface area contributed by atoms with Crippen molar-refractivity contribution in [2.75, 3.05) is 19.8 Å². The maximum atomic E-state index is 9.47. The summed E-state index contributed by atoms with van der Waals surface area (Å²) in [6.07, 6.45) is 4.93. The third kappa shape index (κ3) is 4.11. The predicted molar refractivity (Wildman–Crippen MR) is 83.7 cm³/mol. The minimum absolute atomic E-state index is 0.0634. The van der Waals surface area contributed by atoms with Crippen LogP contribution in [0.4, 0.5) is 0 Å². The number of aliphatic hydroxyl groups is 1. The molecule has 1 aromatic carbocycles. The lowest BCUT2D eigenvalue weighted by atomic mass is 9.87. The standard InChI is InChI=1S/C17H27NO3/c1-2-11-20-15-7-3-4-8-16(15)21-12-9-14-6-5-10-17(14,18)13-19/h3-4,7-8,14,19H,2,5-6,9-13,18H2,1H3. The maximum Gasteiger partial charge on any atom is 0.161 e. The van der Waals surface area contributed by atoms with Crippen molar-refractivity contribution < 1.29 is 14.6 Å². The van der Waals surface area contributed by atoms with Crippen molar-refractivity contribution in [1.82, 2.24) is 0 Å². The second-order valence-electron chi connectivity index (χ2n) is 5.91. The van der Waals surface area contributed by atoms with Crippen LogP contribution in [0.25, 0.3) is 0 Å². The van der Waals surface area contributed by atoms with Crippen LogP contribution in [0.2, 0.25) is 0 Å². The molecule has 0 amide bonds. The van der Waals surface area contributed by atoms with E-state index in [1.54, 1.807) is 0 Å². The van der Waals surface area contributed by atoms with Gasteiger partial charge in [-0.1, -0.05) is 25.5 Å². The lowest BCUT2D eigenvalue weighted by Gasteiger charge is -2.29. The van der Waals surface area contributed by atoms with Gasteiger partial charge in [0.15, 0.2) is 11.5 Å². The van der Waals surface area contributed by atoms with E-state index in [9.17, 15) is 5.11 Å². The zero-order valence-corrected chi connectivity index (χ0v) is 12.9. The van der Waals surface area contributed by atoms with Gasteiger partial charge >= 0.3 is 0 Å². The van der Waals surface area contributed by atoms with Crippen molar-refractivity contribution in [2.24, 2.45) is 11.7 Å². The number of para-hydroxylation sites is 2. The van der Waals surface area contributed by atoms with Crippen molar-refractivity contribution >= 4 is 0 Å². The third-order valence-electron chi connectivity index (χ3n) is 4.34. The Morgan fingerprint density at radius 1 is 1.24 bits per heavy atom. The molecule has 0 saturated heterocycles. The summed E-state index contributed by atoms with van der Waals surface area (Å²) < 4.78 is 11.6. The van der Waals surface area contributed by atoms with E-state index >= 15 is 0 Å². The Labute approximate surface area is 127 Å². The van der Waals surface area contributed by atoms with Crippen molar-refractivity contribution in [1.29, 1.82) is 0 Å². The second-order valence-corrected chi connectivity index (χ2v) is 5.91. The van der Waals surface area contributed by atoms with Crippen LogP contribution in [0.5, 0.6) is 11.5 Å². The quantitative estimate of drug-likeness (QED) is 0.773. The van der Waals surface area contributed by atoms with E-state index in [-0.39, 0.29) is 6.61 Å². The Bertz CT molecular complexity index is 438. The van der Waals surface area contributed by atoms with Crippen LogP contribution in [0.3, 0.4) is 0 Å². The third-order valence-corrected chi connectivity index (χ3v) is 4.34. The summed E-state index contributed by atoms with van der Waals surface area (Å²) in [6, 6.07) is 7.76. The van der Waals surface area contributed by atoms with Crippen LogP contribution in [-0.4, -0.2) is 30.5 Å². The summed E-state index contributed by atoms with van der Waals surface area (Å²) in [7, 11) is 0. The number of aliphatic hydroxyl groups excluding tert-OH is 1. The smallest absolute Gasteiger partial charge is 0.161 e. The van der Waals surface area contributed by atoms with E-state index in [4.69, 9.17) is 15.2 Å². The molecule has 2 atom stereocenters. The molecule has 0 aromatic heterocycles. The van der Waals surface area contributed by atoms with Gasteiger partial charge in [-0.25, -0.2) is 0 Å². The highest BCUT2D eigenvalue weighted by Gasteiger charge is 2.38. The first-order valence-electron chi connectivity index (χ1n) is 7.94. The molecular formula is C17H27NO3. The van der Waals surface area contributed by atoms with Gasteiger partial charge in [-0.05, 0) is 43.7 Å². The Hall–Kier alpha value is -1.26. The fraction of sp³-hybridized carbons (Fsp3) is 0.647. The molecule has 1 aliphatic carbocycles. The molecule has 2 rings (SSSR count). The summed E-state index contributed by atoms with van der Waals surface area (Å²) in [4.78, 5) is 0. The number of rotatable bonds is 8. The minimum atomic E-state index is -0.415. The summed E-state index contributed by atoms with van der Waals surface area (Å²) in [5.41, 5.74) is 5.83. The van der Waals surface area contributed by atoms with Crippen molar-refractivity contribution in [3.05, 3.63) is 24.3 Å². The molecule has 118 valence electrons. The van der Waals surface area contributed by atoms with Gasteiger partial charge < -0.3 is 20.3 Å². The number of benzene rings is 1. The highest BCUT2D eigenvalue weighted by Crippen LogP contribution is 2.36. The van der Waals surface area contributed by atoms with Gasteiger partial charge in [0, 0.05) is 5.54 Å². The molecule has 1 saturated carbocycles. The predicted octanol–water partition coefficient (Wildman–Crippen LogP) is 2.73. The molecule has 0 bridgehead atoms. The maximum absolute atomic E-state index is 9.47. The average molecular weight is 293 g/mol. The van der Waals surface area contributed by atoms with E-state index in [2.05, 4.69) is 6.92 Å². The Morgan fingerprint density at radius 3 is 2.52 bits per heavy atom. The molecule has 4 nitrogen and oxygen atoms in total. The fourth-order valence-electron chi connectivity index (χ4n) is 3.02. The first-order valence-corrected chi connectivity index (χ1v) is 7.94. The highest BCUT2D eigenvalue weighted by molar-refractivity contribution is 5.39. The zero-order valence-electron chi connectivity index (χ0n) is 12.9. The van der Waals surface area contributed by atoms with Crippen LogP contribution < -0.4 is 15.2 Å². The highest BCUT2D eigenvalue weighted by atomic mass is 16.5. The van der Waals surface area contributed by atoms with Gasteiger partial charge in [0.05, 0.1) is 19.8 Å². The normalized spacial score (nSPS) is 25.0. The molecule has 0 spiro atoms. The SMILES string of the molecule is CCCOc1ccccc1OCCC1CCCC1(N)CO. The molecular weight excluding hydrogens is 266 g/mol. The van der Waals surface area contributed by atoms with E-state index < -0.39 is 5.54 Å². The molecule has 21 heavy (non-hydrogen) atoms. The molecule has 0 aliphatic heterocycles. The summed E-state index contributed by atoms with van der Waals surface area (Å²) >= 11 is 0. The molecule has 4 heteroatoms. The van der Waals surface area contributed by atoms with Crippen LogP contribution in [0.1, 0.15) is 39.0 Å². The number of hydrogen-bond donors (Lipinski definition) is 2. The summed E-state index contributed by atoms with van der Waals surface area (Å²) in [6.45, 7) is 3.45. The first kappa shape index (κ1) is 16.1. The number of hydrogen-bond acceptors (Lipinski definition) is 4. The summed E-state index contributed by atoms with van der Waals surface area (Å²) in [5, 5.41) is 9.47. The molecule has 1 aliphatic rings. The zero-order chi connectivity index (χ0) is 15.1. The van der Waals surface area contributed by atoms with Crippen LogP contribution in [0.15, 0.2) is 24.3 Å². The topological polar surface area (TPSA) is 64.7 Å². The van der Waals surface area contributed by atoms with E-state index in [1.807, 2.05) is 24.3 Å². The monoisotopic (exact) mass is 293 g/mol. The number of nitrogens with two attached hydrogens (primary N) is 1. The fourth-order valence-corrected chi connectivity index (χ4v) is 3.02. The van der Waals surface area contributed by atoms with Gasteiger partial charge in [0.1, 0.15) is 0 Å². The Morgan fingerprint density at radius 2 is 1.90 bits per heavy atom. The Balaban J connectivity index is 1.86.